The Morgan fingerprint density at radius 3 is 2.95 bits per heavy atom. The first kappa shape index (κ1) is 14.1. The lowest BCUT2D eigenvalue weighted by molar-refractivity contribution is -0.0269. The number of aromatic nitrogens is 2. The number of fused-ring (bicyclic) bond motifs is 1. The Hall–Kier alpha value is -1.85. The van der Waals surface area contributed by atoms with Crippen LogP contribution in [0.4, 0.5) is 0 Å². The first-order valence-electron chi connectivity index (χ1n) is 6.58. The molecule has 0 saturated carbocycles. The fraction of sp³-hybridized carbons (Fsp3) is 0.333. The van der Waals surface area contributed by atoms with Crippen LogP contribution in [0.2, 0.25) is 5.02 Å². The van der Waals surface area contributed by atoms with Crippen molar-refractivity contribution in [2.75, 3.05) is 0 Å². The predicted octanol–water partition coefficient (Wildman–Crippen LogP) is 2.57. The zero-order valence-electron chi connectivity index (χ0n) is 11.7. The maximum atomic E-state index is 12.1. The van der Waals surface area contributed by atoms with Crippen molar-refractivity contribution < 1.29 is 14.6 Å². The average molecular weight is 307 g/mol. The molecule has 5 nitrogen and oxygen atoms in total. The molecule has 1 aliphatic rings. The van der Waals surface area contributed by atoms with Crippen LogP contribution in [0.25, 0.3) is 0 Å². The second-order valence-electron chi connectivity index (χ2n) is 5.58. The molecule has 1 aliphatic heterocycles. The third kappa shape index (κ3) is 2.22. The molecule has 0 aliphatic carbocycles. The molecule has 0 spiro atoms. The standard InChI is InChI=1S/C15H15ClN2O3/c1-15(2)13(18-8-17-6-10(18)7-19)12-5-9(16)3-4-11(12)14(20)21-15/h3-6,8,13,19H,7H2,1-2H3/t13-/m0/s1. The molecule has 0 fully saturated rings. The van der Waals surface area contributed by atoms with Crippen molar-refractivity contribution in [3.8, 4) is 0 Å². The van der Waals surface area contributed by atoms with Gasteiger partial charge in [0.1, 0.15) is 5.60 Å². The summed E-state index contributed by atoms with van der Waals surface area (Å²) in [7, 11) is 0. The van der Waals surface area contributed by atoms with Gasteiger partial charge in [0, 0.05) is 5.02 Å². The second kappa shape index (κ2) is 4.86. The van der Waals surface area contributed by atoms with Crippen molar-refractivity contribution in [2.24, 2.45) is 0 Å². The highest BCUT2D eigenvalue weighted by Gasteiger charge is 2.43. The van der Waals surface area contributed by atoms with Crippen molar-refractivity contribution in [1.29, 1.82) is 0 Å². The zero-order valence-corrected chi connectivity index (χ0v) is 12.5. The van der Waals surface area contributed by atoms with Gasteiger partial charge in [0.25, 0.3) is 0 Å². The van der Waals surface area contributed by atoms with Crippen molar-refractivity contribution in [3.05, 3.63) is 52.6 Å². The van der Waals surface area contributed by atoms with E-state index in [0.717, 1.165) is 5.56 Å². The van der Waals surface area contributed by atoms with E-state index in [1.165, 1.54) is 0 Å². The van der Waals surface area contributed by atoms with Gasteiger partial charge < -0.3 is 14.4 Å². The van der Waals surface area contributed by atoms with Crippen LogP contribution in [0.1, 0.15) is 41.5 Å². The molecule has 21 heavy (non-hydrogen) atoms. The molecule has 2 aromatic rings. The molecule has 0 saturated heterocycles. The maximum absolute atomic E-state index is 12.1. The summed E-state index contributed by atoms with van der Waals surface area (Å²) in [6, 6.07) is 4.80. The van der Waals surface area contributed by atoms with Crippen LogP contribution in [0.5, 0.6) is 0 Å². The number of aliphatic hydroxyl groups is 1. The number of ether oxygens (including phenoxy) is 1. The lowest BCUT2D eigenvalue weighted by Crippen LogP contribution is -2.44. The number of esters is 1. The number of rotatable bonds is 2. The van der Waals surface area contributed by atoms with Gasteiger partial charge in [-0.3, -0.25) is 0 Å². The van der Waals surface area contributed by atoms with Crippen LogP contribution in [-0.2, 0) is 11.3 Å². The first-order valence-corrected chi connectivity index (χ1v) is 6.96. The minimum Gasteiger partial charge on any atom is -0.453 e. The number of cyclic esters (lactones) is 1. The highest BCUT2D eigenvalue weighted by atomic mass is 35.5. The second-order valence-corrected chi connectivity index (χ2v) is 6.01. The van der Waals surface area contributed by atoms with E-state index in [-0.39, 0.29) is 18.6 Å². The number of nitrogens with zero attached hydrogens (tertiary/aromatic N) is 2. The van der Waals surface area contributed by atoms with E-state index in [9.17, 15) is 9.90 Å². The number of carbonyl (C=O) groups is 1. The van der Waals surface area contributed by atoms with Gasteiger partial charge in [-0.15, -0.1) is 0 Å². The fourth-order valence-corrected chi connectivity index (χ4v) is 3.02. The van der Waals surface area contributed by atoms with Gasteiger partial charge in [0.05, 0.1) is 36.4 Å². The highest BCUT2D eigenvalue weighted by Crippen LogP contribution is 2.41. The summed E-state index contributed by atoms with van der Waals surface area (Å²) < 4.78 is 7.38. The largest absolute Gasteiger partial charge is 0.453 e. The third-order valence-electron chi connectivity index (χ3n) is 3.73. The molecule has 0 unspecified atom stereocenters. The molecule has 6 heteroatoms. The summed E-state index contributed by atoms with van der Waals surface area (Å²) in [6.45, 7) is 3.53. The van der Waals surface area contributed by atoms with E-state index in [1.54, 1.807) is 30.7 Å². The van der Waals surface area contributed by atoms with Crippen LogP contribution in [0, 0.1) is 0 Å². The van der Waals surface area contributed by atoms with Gasteiger partial charge >= 0.3 is 5.97 Å². The summed E-state index contributed by atoms with van der Waals surface area (Å²) in [4.78, 5) is 16.2. The number of hydrogen-bond donors (Lipinski definition) is 1. The van der Waals surface area contributed by atoms with E-state index < -0.39 is 5.60 Å². The minimum atomic E-state index is -0.778. The fourth-order valence-electron chi connectivity index (χ4n) is 2.84. The van der Waals surface area contributed by atoms with Crippen molar-refractivity contribution >= 4 is 17.6 Å². The molecule has 1 aromatic heterocycles. The van der Waals surface area contributed by atoms with Gasteiger partial charge in [-0.25, -0.2) is 9.78 Å². The molecule has 1 atom stereocenters. The van der Waals surface area contributed by atoms with Crippen molar-refractivity contribution in [2.45, 2.75) is 32.1 Å². The van der Waals surface area contributed by atoms with Crippen LogP contribution in [0.15, 0.2) is 30.7 Å². The molecule has 3 rings (SSSR count). The van der Waals surface area contributed by atoms with E-state index in [0.29, 0.717) is 16.3 Å². The van der Waals surface area contributed by atoms with E-state index in [2.05, 4.69) is 4.98 Å². The van der Waals surface area contributed by atoms with Crippen LogP contribution in [0.3, 0.4) is 0 Å². The maximum Gasteiger partial charge on any atom is 0.339 e. The van der Waals surface area contributed by atoms with Gasteiger partial charge in [-0.05, 0) is 37.6 Å². The Balaban J connectivity index is 2.25. The van der Waals surface area contributed by atoms with Gasteiger partial charge in [0.2, 0.25) is 0 Å². The average Bonchev–Trinajstić information content (AvgIpc) is 2.85. The van der Waals surface area contributed by atoms with E-state index >= 15 is 0 Å². The lowest BCUT2D eigenvalue weighted by atomic mass is 9.85. The van der Waals surface area contributed by atoms with E-state index in [4.69, 9.17) is 16.3 Å². The summed E-state index contributed by atoms with van der Waals surface area (Å²) in [5.74, 6) is -0.367. The van der Waals surface area contributed by atoms with Crippen LogP contribution in [-0.4, -0.2) is 26.2 Å². The predicted molar refractivity (Wildman–Crippen MR) is 77.2 cm³/mol. The molecule has 1 N–H and O–H groups in total. The van der Waals surface area contributed by atoms with Crippen molar-refractivity contribution in [3.63, 3.8) is 0 Å². The number of aliphatic hydroxyl groups excluding tert-OH is 1. The molecule has 0 radical (unpaired) electrons. The molecular formula is C15H15ClN2O3. The Bertz CT molecular complexity index is 709. The Morgan fingerprint density at radius 1 is 1.48 bits per heavy atom. The summed E-state index contributed by atoms with van der Waals surface area (Å²) in [5.41, 5.74) is 1.13. The van der Waals surface area contributed by atoms with Gasteiger partial charge in [-0.2, -0.15) is 0 Å². The number of benzene rings is 1. The lowest BCUT2D eigenvalue weighted by Gasteiger charge is -2.40. The highest BCUT2D eigenvalue weighted by molar-refractivity contribution is 6.30. The first-order chi connectivity index (χ1) is 9.94. The number of hydrogen-bond acceptors (Lipinski definition) is 4. The molecule has 2 heterocycles. The summed E-state index contributed by atoms with van der Waals surface area (Å²) in [5, 5.41) is 10.0. The van der Waals surface area contributed by atoms with Crippen LogP contribution < -0.4 is 0 Å². The normalized spacial score (nSPS) is 20.0. The topological polar surface area (TPSA) is 64.4 Å². The molecule has 0 bridgehead atoms. The number of imidazole rings is 1. The third-order valence-corrected chi connectivity index (χ3v) is 3.96. The van der Waals surface area contributed by atoms with Crippen molar-refractivity contribution in [1.82, 2.24) is 9.55 Å². The zero-order chi connectivity index (χ0) is 15.2. The quantitative estimate of drug-likeness (QED) is 0.866. The Labute approximate surface area is 127 Å². The molecular weight excluding hydrogens is 292 g/mol. The van der Waals surface area contributed by atoms with Gasteiger partial charge in [-0.1, -0.05) is 11.6 Å². The number of halogens is 1. The summed E-state index contributed by atoms with van der Waals surface area (Å²) in [6.07, 6.45) is 3.22. The minimum absolute atomic E-state index is 0.142. The summed E-state index contributed by atoms with van der Waals surface area (Å²) >= 11 is 6.09. The molecule has 1 aromatic carbocycles. The van der Waals surface area contributed by atoms with Gasteiger partial charge in [0.15, 0.2) is 0 Å². The molecule has 0 amide bonds. The Morgan fingerprint density at radius 2 is 2.24 bits per heavy atom. The smallest absolute Gasteiger partial charge is 0.339 e. The monoisotopic (exact) mass is 306 g/mol. The Kier molecular flexibility index (Phi) is 3.26. The van der Waals surface area contributed by atoms with E-state index in [1.807, 2.05) is 18.4 Å². The SMILES string of the molecule is CC1(C)OC(=O)c2ccc(Cl)cc2[C@@H]1n1cncc1CO. The molecule has 110 valence electrons. The number of carbonyl (C=O) groups excluding carboxylic acids is 1. The van der Waals surface area contributed by atoms with Crippen LogP contribution >= 0.6 is 11.6 Å².